The molecule has 0 saturated heterocycles. The lowest BCUT2D eigenvalue weighted by Gasteiger charge is -2.29. The largest absolute Gasteiger partial charge is 0.481 e. The van der Waals surface area contributed by atoms with Crippen LogP contribution in [0.2, 0.25) is 0 Å². The number of ether oxygens (including phenoxy) is 1. The Hall–Kier alpha value is -2.08. The maximum atomic E-state index is 13.4. The average molecular weight is 292 g/mol. The average Bonchev–Trinajstić information content (AvgIpc) is 2.74. The van der Waals surface area contributed by atoms with Gasteiger partial charge in [-0.3, -0.25) is 0 Å². The van der Waals surface area contributed by atoms with Gasteiger partial charge in [0.1, 0.15) is 5.82 Å². The molecule has 5 nitrogen and oxygen atoms in total. The van der Waals surface area contributed by atoms with Crippen LogP contribution in [0.5, 0.6) is 5.88 Å². The van der Waals surface area contributed by atoms with E-state index in [2.05, 4.69) is 5.10 Å². The first-order valence-corrected chi connectivity index (χ1v) is 6.75. The Kier molecular flexibility index (Phi) is 4.47. The van der Waals surface area contributed by atoms with Crippen molar-refractivity contribution in [3.63, 3.8) is 0 Å². The lowest BCUT2D eigenvalue weighted by Crippen LogP contribution is -2.31. The molecule has 2 rings (SSSR count). The number of aromatic nitrogens is 2. The second-order valence-electron chi connectivity index (χ2n) is 4.97. The summed E-state index contributed by atoms with van der Waals surface area (Å²) in [5.74, 6) is 0.399. The molecule has 0 aliphatic heterocycles. The van der Waals surface area contributed by atoms with Crippen molar-refractivity contribution in [1.82, 2.24) is 9.78 Å². The number of hydrogen-bond acceptors (Lipinski definition) is 4. The molecule has 114 valence electrons. The first-order chi connectivity index (χ1) is 9.99. The van der Waals surface area contributed by atoms with Crippen molar-refractivity contribution < 1.29 is 9.13 Å². The van der Waals surface area contributed by atoms with Gasteiger partial charge in [-0.1, -0.05) is 6.07 Å². The van der Waals surface area contributed by atoms with Crippen LogP contribution < -0.4 is 15.4 Å². The second-order valence-corrected chi connectivity index (χ2v) is 4.97. The smallest absolute Gasteiger partial charge is 0.216 e. The minimum absolute atomic E-state index is 0.143. The Morgan fingerprint density at radius 1 is 1.48 bits per heavy atom. The van der Waals surface area contributed by atoms with Crippen LogP contribution in [0.4, 0.5) is 10.1 Å². The summed E-state index contributed by atoms with van der Waals surface area (Å²) < 4.78 is 20.5. The minimum atomic E-state index is -0.273. The third-order valence-corrected chi connectivity index (χ3v) is 3.65. The van der Waals surface area contributed by atoms with Gasteiger partial charge in [0.05, 0.1) is 24.4 Å². The Labute approximate surface area is 124 Å². The molecule has 0 aliphatic rings. The van der Waals surface area contributed by atoms with Gasteiger partial charge in [0.25, 0.3) is 0 Å². The summed E-state index contributed by atoms with van der Waals surface area (Å²) in [4.78, 5) is 1.94. The molecule has 2 aromatic rings. The third-order valence-electron chi connectivity index (χ3n) is 3.65. The first-order valence-electron chi connectivity index (χ1n) is 6.75. The van der Waals surface area contributed by atoms with E-state index in [0.717, 1.165) is 16.9 Å². The highest BCUT2D eigenvalue weighted by Crippen LogP contribution is 2.33. The number of methoxy groups -OCH3 is 1. The van der Waals surface area contributed by atoms with Crippen LogP contribution in [-0.2, 0) is 7.05 Å². The van der Waals surface area contributed by atoms with Gasteiger partial charge < -0.3 is 15.4 Å². The summed E-state index contributed by atoms with van der Waals surface area (Å²) >= 11 is 0. The predicted octanol–water partition coefficient (Wildman–Crippen LogP) is 2.01. The monoisotopic (exact) mass is 292 g/mol. The number of benzene rings is 1. The molecule has 1 atom stereocenters. The third kappa shape index (κ3) is 2.85. The Morgan fingerprint density at radius 2 is 2.19 bits per heavy atom. The zero-order valence-electron chi connectivity index (χ0n) is 12.8. The summed E-state index contributed by atoms with van der Waals surface area (Å²) in [5, 5.41) is 4.38. The lowest BCUT2D eigenvalue weighted by molar-refractivity contribution is 0.366. The van der Waals surface area contributed by atoms with Crippen molar-refractivity contribution in [1.29, 1.82) is 0 Å². The molecule has 0 fully saturated rings. The van der Waals surface area contributed by atoms with E-state index in [1.54, 1.807) is 17.9 Å². The Bertz CT molecular complexity index is 626. The van der Waals surface area contributed by atoms with Crippen molar-refractivity contribution in [2.45, 2.75) is 13.0 Å². The summed E-state index contributed by atoms with van der Waals surface area (Å²) in [5.41, 5.74) is 8.49. The number of nitrogens with zero attached hydrogens (tertiary/aromatic N) is 3. The molecule has 21 heavy (non-hydrogen) atoms. The molecule has 1 unspecified atom stereocenters. The maximum absolute atomic E-state index is 13.4. The van der Waals surface area contributed by atoms with E-state index in [1.165, 1.54) is 12.1 Å². The molecule has 0 aliphatic carbocycles. The van der Waals surface area contributed by atoms with Crippen molar-refractivity contribution in [2.24, 2.45) is 12.8 Å². The van der Waals surface area contributed by atoms with Gasteiger partial charge in [0.2, 0.25) is 5.88 Å². The molecule has 0 spiro atoms. The van der Waals surface area contributed by atoms with Crippen molar-refractivity contribution in [3.05, 3.63) is 41.3 Å². The van der Waals surface area contributed by atoms with Gasteiger partial charge in [-0.2, -0.15) is 5.10 Å². The topological polar surface area (TPSA) is 56.3 Å². The number of rotatable bonds is 5. The standard InChI is InChI=1S/C15H21FN4O/c1-10-14(15(21-4)20(3)18-10)13(9-17)19(2)12-7-5-6-11(16)8-12/h5-8,13H,9,17H2,1-4H3. The fourth-order valence-electron chi connectivity index (χ4n) is 2.62. The van der Waals surface area contributed by atoms with E-state index < -0.39 is 0 Å². The lowest BCUT2D eigenvalue weighted by atomic mass is 10.1. The minimum Gasteiger partial charge on any atom is -0.481 e. The molecular formula is C15H21FN4O. The van der Waals surface area contributed by atoms with E-state index in [4.69, 9.17) is 10.5 Å². The predicted molar refractivity (Wildman–Crippen MR) is 81.1 cm³/mol. The molecule has 1 heterocycles. The number of aryl methyl sites for hydroxylation is 2. The zero-order valence-corrected chi connectivity index (χ0v) is 12.8. The van der Waals surface area contributed by atoms with Crippen LogP contribution >= 0.6 is 0 Å². The summed E-state index contributed by atoms with van der Waals surface area (Å²) in [6, 6.07) is 6.30. The van der Waals surface area contributed by atoms with Gasteiger partial charge in [0.15, 0.2) is 0 Å². The van der Waals surface area contributed by atoms with Crippen molar-refractivity contribution >= 4 is 5.69 Å². The quantitative estimate of drug-likeness (QED) is 0.916. The highest BCUT2D eigenvalue weighted by atomic mass is 19.1. The van der Waals surface area contributed by atoms with Gasteiger partial charge in [-0.05, 0) is 25.1 Å². The summed E-state index contributed by atoms with van der Waals surface area (Å²) in [7, 11) is 5.32. The van der Waals surface area contributed by atoms with Gasteiger partial charge in [-0.15, -0.1) is 0 Å². The second kappa shape index (κ2) is 6.13. The number of anilines is 1. The van der Waals surface area contributed by atoms with Gasteiger partial charge in [0, 0.05) is 26.3 Å². The molecular weight excluding hydrogens is 271 g/mol. The highest BCUT2D eigenvalue weighted by Gasteiger charge is 2.26. The molecule has 6 heteroatoms. The fraction of sp³-hybridized carbons (Fsp3) is 0.400. The maximum Gasteiger partial charge on any atom is 0.216 e. The van der Waals surface area contributed by atoms with Crippen LogP contribution in [0.25, 0.3) is 0 Å². The summed E-state index contributed by atoms with van der Waals surface area (Å²) in [6.07, 6.45) is 0. The van der Waals surface area contributed by atoms with Gasteiger partial charge in [-0.25, -0.2) is 9.07 Å². The van der Waals surface area contributed by atoms with E-state index in [9.17, 15) is 4.39 Å². The highest BCUT2D eigenvalue weighted by molar-refractivity contribution is 5.50. The van der Waals surface area contributed by atoms with Crippen LogP contribution in [0, 0.1) is 12.7 Å². The summed E-state index contributed by atoms with van der Waals surface area (Å²) in [6.45, 7) is 2.29. The number of halogens is 1. The molecule has 2 N–H and O–H groups in total. The molecule has 0 saturated carbocycles. The molecule has 0 bridgehead atoms. The normalized spacial score (nSPS) is 12.3. The SMILES string of the molecule is COc1c(C(CN)N(C)c2cccc(F)c2)c(C)nn1C. The van der Waals surface area contributed by atoms with Crippen LogP contribution in [-0.4, -0.2) is 30.5 Å². The van der Waals surface area contributed by atoms with Crippen LogP contribution in [0.15, 0.2) is 24.3 Å². The van der Waals surface area contributed by atoms with Gasteiger partial charge >= 0.3 is 0 Å². The molecule has 1 aromatic heterocycles. The van der Waals surface area contributed by atoms with E-state index >= 15 is 0 Å². The van der Waals surface area contributed by atoms with E-state index in [0.29, 0.717) is 12.4 Å². The molecule has 1 aromatic carbocycles. The van der Waals surface area contributed by atoms with E-state index in [-0.39, 0.29) is 11.9 Å². The van der Waals surface area contributed by atoms with Crippen molar-refractivity contribution in [3.8, 4) is 5.88 Å². The van der Waals surface area contributed by atoms with Crippen LogP contribution in [0.1, 0.15) is 17.3 Å². The van der Waals surface area contributed by atoms with Crippen molar-refractivity contribution in [2.75, 3.05) is 25.6 Å². The first kappa shape index (κ1) is 15.3. The number of likely N-dealkylation sites (N-methyl/N-ethyl adjacent to an activating group) is 1. The number of nitrogens with two attached hydrogens (primary N) is 1. The van der Waals surface area contributed by atoms with Crippen LogP contribution in [0.3, 0.4) is 0 Å². The Balaban J connectivity index is 2.44. The van der Waals surface area contributed by atoms with E-state index in [1.807, 2.05) is 32.0 Å². The molecule has 0 amide bonds. The molecule has 0 radical (unpaired) electrons. The zero-order chi connectivity index (χ0) is 15.6. The Morgan fingerprint density at radius 3 is 2.76 bits per heavy atom. The fourth-order valence-corrected chi connectivity index (χ4v) is 2.62. The number of hydrogen-bond donors (Lipinski definition) is 1.